The fourth-order valence-corrected chi connectivity index (χ4v) is 0.793. The van der Waals surface area contributed by atoms with Gasteiger partial charge in [-0.15, -0.1) is 0 Å². The van der Waals surface area contributed by atoms with Crippen molar-refractivity contribution in [3.05, 3.63) is 54.9 Å². The molecule has 0 saturated carbocycles. The van der Waals surface area contributed by atoms with Crippen LogP contribution in [0.25, 0.3) is 0 Å². The second-order valence-electron chi connectivity index (χ2n) is 3.98. The van der Waals surface area contributed by atoms with Crippen LogP contribution in [0.4, 0.5) is 0 Å². The maximum Gasteiger partial charge on any atom is 0.0433 e. The molecule has 0 fully saturated rings. The van der Waals surface area contributed by atoms with Gasteiger partial charge < -0.3 is 5.11 Å². The molecule has 0 aliphatic rings. The number of nitrogens with zero attached hydrogens (tertiary/aromatic N) is 1. The summed E-state index contributed by atoms with van der Waals surface area (Å²) in [5.74, 6) is 0.648. The maximum absolute atomic E-state index is 8.24. The molecule has 1 heterocycles. The summed E-state index contributed by atoms with van der Waals surface area (Å²) in [6.07, 6.45) is 12.4. The Labute approximate surface area is 112 Å². The highest BCUT2D eigenvalue weighted by atomic mass is 16.2. The van der Waals surface area contributed by atoms with E-state index in [1.165, 1.54) is 0 Å². The molecular formula is C16H27NO. The Bertz CT molecular complexity index is 242. The second kappa shape index (κ2) is 18.0. The third-order valence-electron chi connectivity index (χ3n) is 1.77. The number of hydrogen-bond acceptors (Lipinski definition) is 2. The molecule has 1 aromatic heterocycles. The zero-order valence-corrected chi connectivity index (χ0v) is 12.1. The van der Waals surface area contributed by atoms with Crippen molar-refractivity contribution in [1.82, 2.24) is 4.98 Å². The molecule has 0 unspecified atom stereocenters. The highest BCUT2D eigenvalue weighted by Gasteiger charge is 1.86. The lowest BCUT2D eigenvalue weighted by Crippen LogP contribution is -1.89. The van der Waals surface area contributed by atoms with Gasteiger partial charge in [0.25, 0.3) is 0 Å². The molecular weight excluding hydrogens is 222 g/mol. The minimum absolute atomic E-state index is 0.331. The Hall–Kier alpha value is -1.41. The molecule has 0 amide bonds. The molecule has 2 nitrogen and oxygen atoms in total. The van der Waals surface area contributed by atoms with Crippen LogP contribution in [0.5, 0.6) is 0 Å². The van der Waals surface area contributed by atoms with Crippen LogP contribution >= 0.6 is 0 Å². The van der Waals surface area contributed by atoms with Gasteiger partial charge in [-0.3, -0.25) is 4.98 Å². The minimum Gasteiger partial charge on any atom is -0.396 e. The summed E-state index contributed by atoms with van der Waals surface area (Å²) in [6, 6.07) is 5.72. The first-order valence-corrected chi connectivity index (χ1v) is 6.38. The van der Waals surface area contributed by atoms with Gasteiger partial charge in [0.05, 0.1) is 0 Å². The lowest BCUT2D eigenvalue weighted by molar-refractivity contribution is 0.268. The molecule has 0 aliphatic carbocycles. The second-order valence-corrected chi connectivity index (χ2v) is 3.98. The van der Waals surface area contributed by atoms with E-state index in [0.717, 1.165) is 6.42 Å². The Kier molecular flexibility index (Phi) is 18.9. The molecule has 1 rings (SSSR count). The highest BCUT2D eigenvalue weighted by Crippen LogP contribution is 1.94. The van der Waals surface area contributed by atoms with E-state index in [2.05, 4.69) is 18.8 Å². The summed E-state index contributed by atoms with van der Waals surface area (Å²) >= 11 is 0. The molecule has 2 heteroatoms. The Morgan fingerprint density at radius 3 is 1.61 bits per heavy atom. The van der Waals surface area contributed by atoms with Gasteiger partial charge in [0.1, 0.15) is 0 Å². The third kappa shape index (κ3) is 24.0. The molecule has 0 saturated heterocycles. The molecule has 1 aromatic rings. The lowest BCUT2D eigenvalue weighted by atomic mass is 10.2. The number of pyridine rings is 1. The van der Waals surface area contributed by atoms with Gasteiger partial charge in [0, 0.05) is 19.0 Å². The number of hydrogen-bond donors (Lipinski definition) is 1. The Morgan fingerprint density at radius 2 is 1.50 bits per heavy atom. The van der Waals surface area contributed by atoms with E-state index in [0.29, 0.717) is 12.5 Å². The normalized spacial score (nSPS) is 9.89. The van der Waals surface area contributed by atoms with Crippen molar-refractivity contribution in [1.29, 1.82) is 0 Å². The molecule has 18 heavy (non-hydrogen) atoms. The molecule has 1 N–H and O–H groups in total. The van der Waals surface area contributed by atoms with E-state index in [9.17, 15) is 0 Å². The van der Waals surface area contributed by atoms with Gasteiger partial charge in [-0.2, -0.15) is 0 Å². The van der Waals surface area contributed by atoms with E-state index in [1.54, 1.807) is 12.4 Å². The maximum atomic E-state index is 8.24. The molecule has 0 radical (unpaired) electrons. The summed E-state index contributed by atoms with van der Waals surface area (Å²) in [4.78, 5) is 3.78. The van der Waals surface area contributed by atoms with Gasteiger partial charge in [0.2, 0.25) is 0 Å². The molecule has 0 aromatic carbocycles. The smallest absolute Gasteiger partial charge is 0.0433 e. The summed E-state index contributed by atoms with van der Waals surface area (Å²) in [6.45, 7) is 8.52. The van der Waals surface area contributed by atoms with Crippen molar-refractivity contribution in [2.24, 2.45) is 5.92 Å². The van der Waals surface area contributed by atoms with Crippen LogP contribution in [-0.2, 0) is 0 Å². The number of aliphatic hydroxyl groups excluding tert-OH is 1. The number of rotatable bonds is 3. The van der Waals surface area contributed by atoms with E-state index < -0.39 is 0 Å². The molecule has 0 aliphatic heterocycles. The Balaban J connectivity index is 0. The van der Waals surface area contributed by atoms with Crippen LogP contribution in [0, 0.1) is 5.92 Å². The van der Waals surface area contributed by atoms with Gasteiger partial charge in [-0.25, -0.2) is 0 Å². The van der Waals surface area contributed by atoms with Crippen molar-refractivity contribution in [3.63, 3.8) is 0 Å². The molecule has 0 bridgehead atoms. The monoisotopic (exact) mass is 249 g/mol. The van der Waals surface area contributed by atoms with Gasteiger partial charge in [-0.05, 0) is 38.3 Å². The summed E-state index contributed by atoms with van der Waals surface area (Å²) < 4.78 is 0. The number of aliphatic hydroxyl groups is 1. The van der Waals surface area contributed by atoms with Crippen molar-refractivity contribution >= 4 is 0 Å². The predicted molar refractivity (Wildman–Crippen MR) is 80.4 cm³/mol. The first kappa shape index (κ1) is 18.9. The van der Waals surface area contributed by atoms with Gasteiger partial charge in [-0.1, -0.05) is 44.2 Å². The SMILES string of the molecule is C/C=C\C=C/C.CC(C)CCO.c1ccncc1. The Morgan fingerprint density at radius 1 is 1.00 bits per heavy atom. The van der Waals surface area contributed by atoms with Crippen molar-refractivity contribution < 1.29 is 5.11 Å². The first-order chi connectivity index (χ1) is 8.68. The number of aromatic nitrogens is 1. The van der Waals surface area contributed by atoms with Crippen LogP contribution < -0.4 is 0 Å². The standard InChI is InChI=1S/C6H10.C5H5N.C5H12O/c1-3-5-6-4-2;1-2-4-6-5-3-1;1-5(2)3-4-6/h3-6H,1-2H3;1-5H;5-6H,3-4H2,1-2H3/b5-3-,6-4-;;. The largest absolute Gasteiger partial charge is 0.396 e. The van der Waals surface area contributed by atoms with Crippen LogP contribution in [0.3, 0.4) is 0 Å². The molecule has 0 atom stereocenters. The fraction of sp³-hybridized carbons (Fsp3) is 0.438. The summed E-state index contributed by atoms with van der Waals surface area (Å²) in [5, 5.41) is 8.24. The topological polar surface area (TPSA) is 33.1 Å². The van der Waals surface area contributed by atoms with Crippen LogP contribution in [0.2, 0.25) is 0 Å². The highest BCUT2D eigenvalue weighted by molar-refractivity contribution is 4.98. The summed E-state index contributed by atoms with van der Waals surface area (Å²) in [7, 11) is 0. The van der Waals surface area contributed by atoms with Crippen LogP contribution in [-0.4, -0.2) is 16.7 Å². The zero-order chi connectivity index (χ0) is 14.1. The average Bonchev–Trinajstić information content (AvgIpc) is 2.39. The van der Waals surface area contributed by atoms with Gasteiger partial charge >= 0.3 is 0 Å². The fourth-order valence-electron chi connectivity index (χ4n) is 0.793. The number of allylic oxidation sites excluding steroid dienone is 4. The van der Waals surface area contributed by atoms with Crippen LogP contribution in [0.1, 0.15) is 34.1 Å². The van der Waals surface area contributed by atoms with Gasteiger partial charge in [0.15, 0.2) is 0 Å². The van der Waals surface area contributed by atoms with Crippen molar-refractivity contribution in [2.45, 2.75) is 34.1 Å². The van der Waals surface area contributed by atoms with E-state index in [4.69, 9.17) is 5.11 Å². The van der Waals surface area contributed by atoms with E-state index in [1.807, 2.05) is 56.4 Å². The zero-order valence-electron chi connectivity index (χ0n) is 12.1. The predicted octanol–water partition coefficient (Wildman–Crippen LogP) is 4.25. The van der Waals surface area contributed by atoms with Crippen molar-refractivity contribution in [3.8, 4) is 0 Å². The van der Waals surface area contributed by atoms with E-state index >= 15 is 0 Å². The lowest BCUT2D eigenvalue weighted by Gasteiger charge is -1.95. The first-order valence-electron chi connectivity index (χ1n) is 6.38. The summed E-state index contributed by atoms with van der Waals surface area (Å²) in [5.41, 5.74) is 0. The molecule has 102 valence electrons. The quantitative estimate of drug-likeness (QED) is 0.813. The molecule has 0 spiro atoms. The average molecular weight is 249 g/mol. The van der Waals surface area contributed by atoms with Crippen LogP contribution in [0.15, 0.2) is 54.9 Å². The third-order valence-corrected chi connectivity index (χ3v) is 1.77. The van der Waals surface area contributed by atoms with Crippen molar-refractivity contribution in [2.75, 3.05) is 6.61 Å². The minimum atomic E-state index is 0.331. The van der Waals surface area contributed by atoms with E-state index in [-0.39, 0.29) is 0 Å².